The van der Waals surface area contributed by atoms with E-state index in [9.17, 15) is 5.11 Å². The second-order valence-corrected chi connectivity index (χ2v) is 5.55. The molecular weight excluding hydrogens is 282 g/mol. The van der Waals surface area contributed by atoms with Gasteiger partial charge in [-0.15, -0.1) is 0 Å². The van der Waals surface area contributed by atoms with Crippen LogP contribution in [-0.4, -0.2) is 12.2 Å². The van der Waals surface area contributed by atoms with Crippen LogP contribution < -0.4 is 10.5 Å². The highest BCUT2D eigenvalue weighted by Gasteiger charge is 2.33. The van der Waals surface area contributed by atoms with E-state index < -0.39 is 0 Å². The fourth-order valence-corrected chi connectivity index (χ4v) is 2.91. The number of ether oxygens (including phenoxy) is 1. The average Bonchev–Trinajstić information content (AvgIpc) is 2.33. The largest absolute Gasteiger partial charge is 0.503 e. The van der Waals surface area contributed by atoms with Gasteiger partial charge in [0.05, 0.1) is 11.6 Å². The van der Waals surface area contributed by atoms with Gasteiger partial charge in [-0.1, -0.05) is 25.3 Å². The number of phenols is 1. The number of hydrogen-bond acceptors (Lipinski definition) is 3. The van der Waals surface area contributed by atoms with Crippen molar-refractivity contribution < 1.29 is 9.84 Å². The lowest BCUT2D eigenvalue weighted by Gasteiger charge is -2.35. The summed E-state index contributed by atoms with van der Waals surface area (Å²) in [4.78, 5) is 0. The van der Waals surface area contributed by atoms with E-state index in [0.717, 1.165) is 31.2 Å². The zero-order chi connectivity index (χ0) is 12.5. The molecule has 0 unspecified atom stereocenters. The molecular formula is C13H18BrNO2. The predicted molar refractivity (Wildman–Crippen MR) is 71.3 cm³/mol. The van der Waals surface area contributed by atoms with Crippen LogP contribution in [0.5, 0.6) is 11.5 Å². The fraction of sp³-hybridized carbons (Fsp3) is 0.538. The van der Waals surface area contributed by atoms with Crippen LogP contribution in [0.3, 0.4) is 0 Å². The van der Waals surface area contributed by atoms with E-state index in [4.69, 9.17) is 10.5 Å². The molecule has 1 aliphatic carbocycles. The number of phenolic OH excluding ortho intramolecular Hbond substituents is 1. The third kappa shape index (κ3) is 2.29. The number of nitrogens with two attached hydrogens (primary N) is 1. The summed E-state index contributed by atoms with van der Waals surface area (Å²) in [7, 11) is 1.57. The first kappa shape index (κ1) is 12.7. The van der Waals surface area contributed by atoms with E-state index in [-0.39, 0.29) is 11.3 Å². The van der Waals surface area contributed by atoms with Crippen LogP contribution in [0.4, 0.5) is 0 Å². The maximum absolute atomic E-state index is 10.00. The summed E-state index contributed by atoms with van der Waals surface area (Å²) in [5.74, 6) is 0.643. The van der Waals surface area contributed by atoms with Crippen LogP contribution in [0, 0.1) is 0 Å². The zero-order valence-electron chi connectivity index (χ0n) is 10.0. The topological polar surface area (TPSA) is 55.5 Å². The highest BCUT2D eigenvalue weighted by molar-refractivity contribution is 9.10. The average molecular weight is 300 g/mol. The van der Waals surface area contributed by atoms with Gasteiger partial charge in [0.2, 0.25) is 0 Å². The molecule has 0 radical (unpaired) electrons. The summed E-state index contributed by atoms with van der Waals surface area (Å²) in [5.41, 5.74) is 7.03. The molecule has 1 saturated carbocycles. The van der Waals surface area contributed by atoms with Gasteiger partial charge in [-0.25, -0.2) is 0 Å². The molecule has 1 aromatic carbocycles. The summed E-state index contributed by atoms with van der Waals surface area (Å²) in [6, 6.07) is 3.78. The SMILES string of the molecule is COc1c(C2(N)CCCCC2)ccc(Br)c1O. The monoisotopic (exact) mass is 299 g/mol. The van der Waals surface area contributed by atoms with Crippen LogP contribution >= 0.6 is 15.9 Å². The summed E-state index contributed by atoms with van der Waals surface area (Å²) in [6.07, 6.45) is 5.41. The fourth-order valence-electron chi connectivity index (χ4n) is 2.60. The first-order valence-corrected chi connectivity index (χ1v) is 6.72. The molecule has 3 N–H and O–H groups in total. The first-order chi connectivity index (χ1) is 8.08. The summed E-state index contributed by atoms with van der Waals surface area (Å²) < 4.78 is 5.95. The van der Waals surface area contributed by atoms with Gasteiger partial charge in [-0.2, -0.15) is 0 Å². The number of hydrogen-bond donors (Lipinski definition) is 2. The Morgan fingerprint density at radius 3 is 2.53 bits per heavy atom. The minimum atomic E-state index is -0.359. The molecule has 3 nitrogen and oxygen atoms in total. The van der Waals surface area contributed by atoms with Gasteiger partial charge < -0.3 is 15.6 Å². The van der Waals surface area contributed by atoms with E-state index in [1.165, 1.54) is 6.42 Å². The molecule has 0 aliphatic heterocycles. The number of methoxy groups -OCH3 is 1. The third-order valence-corrected chi connectivity index (χ3v) is 4.21. The number of benzene rings is 1. The summed E-state index contributed by atoms with van der Waals surface area (Å²) >= 11 is 3.29. The Kier molecular flexibility index (Phi) is 3.64. The van der Waals surface area contributed by atoms with Crippen LogP contribution in [0.1, 0.15) is 37.7 Å². The smallest absolute Gasteiger partial charge is 0.172 e. The van der Waals surface area contributed by atoms with Crippen molar-refractivity contribution in [2.75, 3.05) is 7.11 Å². The molecule has 0 saturated heterocycles. The Bertz CT molecular complexity index is 414. The lowest BCUT2D eigenvalue weighted by Crippen LogP contribution is -2.38. The van der Waals surface area contributed by atoms with Crippen molar-refractivity contribution in [2.24, 2.45) is 5.73 Å². The van der Waals surface area contributed by atoms with Crippen LogP contribution in [0.15, 0.2) is 16.6 Å². The van der Waals surface area contributed by atoms with Gasteiger partial charge in [0.15, 0.2) is 11.5 Å². The van der Waals surface area contributed by atoms with E-state index >= 15 is 0 Å². The minimum absolute atomic E-state index is 0.139. The predicted octanol–water partition coefficient (Wildman–Crippen LogP) is 3.28. The highest BCUT2D eigenvalue weighted by Crippen LogP contribution is 2.45. The van der Waals surface area contributed by atoms with Gasteiger partial charge >= 0.3 is 0 Å². The molecule has 2 rings (SSSR count). The Morgan fingerprint density at radius 1 is 1.29 bits per heavy atom. The molecule has 0 aromatic heterocycles. The van der Waals surface area contributed by atoms with E-state index in [1.807, 2.05) is 12.1 Å². The molecule has 0 bridgehead atoms. The molecule has 0 heterocycles. The standard InChI is InChI=1S/C13H18BrNO2/c1-17-12-9(5-6-10(14)11(12)16)13(15)7-3-2-4-8-13/h5-6,16H,2-4,7-8,15H2,1H3. The van der Waals surface area contributed by atoms with Crippen LogP contribution in [-0.2, 0) is 5.54 Å². The van der Waals surface area contributed by atoms with Crippen molar-refractivity contribution in [2.45, 2.75) is 37.6 Å². The van der Waals surface area contributed by atoms with Gasteiger partial charge in [0.25, 0.3) is 0 Å². The van der Waals surface area contributed by atoms with Crippen molar-refractivity contribution in [1.82, 2.24) is 0 Å². The van der Waals surface area contributed by atoms with Gasteiger partial charge in [0.1, 0.15) is 0 Å². The van der Waals surface area contributed by atoms with Crippen molar-refractivity contribution in [3.8, 4) is 11.5 Å². The molecule has 1 fully saturated rings. The quantitative estimate of drug-likeness (QED) is 0.881. The number of aromatic hydroxyl groups is 1. The maximum Gasteiger partial charge on any atom is 0.172 e. The lowest BCUT2D eigenvalue weighted by molar-refractivity contribution is 0.283. The zero-order valence-corrected chi connectivity index (χ0v) is 11.6. The lowest BCUT2D eigenvalue weighted by atomic mass is 9.77. The molecule has 0 amide bonds. The Labute approximate surface area is 110 Å². The minimum Gasteiger partial charge on any atom is -0.503 e. The number of rotatable bonds is 2. The first-order valence-electron chi connectivity index (χ1n) is 5.93. The number of halogens is 1. The Balaban J connectivity index is 2.47. The van der Waals surface area contributed by atoms with E-state index in [2.05, 4.69) is 15.9 Å². The van der Waals surface area contributed by atoms with Crippen LogP contribution in [0.2, 0.25) is 0 Å². The van der Waals surface area contributed by atoms with E-state index in [0.29, 0.717) is 10.2 Å². The van der Waals surface area contributed by atoms with Crippen molar-refractivity contribution in [3.05, 3.63) is 22.2 Å². The second-order valence-electron chi connectivity index (χ2n) is 4.69. The van der Waals surface area contributed by atoms with Gasteiger partial charge in [-0.3, -0.25) is 0 Å². The molecule has 0 atom stereocenters. The molecule has 1 aromatic rings. The molecule has 4 heteroatoms. The highest BCUT2D eigenvalue weighted by atomic mass is 79.9. The molecule has 1 aliphatic rings. The summed E-state index contributed by atoms with van der Waals surface area (Å²) in [6.45, 7) is 0. The Hall–Kier alpha value is -0.740. The second kappa shape index (κ2) is 4.86. The van der Waals surface area contributed by atoms with Crippen molar-refractivity contribution >= 4 is 15.9 Å². The normalized spacial score (nSPS) is 19.0. The van der Waals surface area contributed by atoms with Gasteiger partial charge in [0, 0.05) is 11.1 Å². The summed E-state index contributed by atoms with van der Waals surface area (Å²) in [5, 5.41) is 10.00. The Morgan fingerprint density at radius 2 is 1.94 bits per heavy atom. The molecule has 17 heavy (non-hydrogen) atoms. The molecule has 94 valence electrons. The molecule has 0 spiro atoms. The van der Waals surface area contributed by atoms with E-state index in [1.54, 1.807) is 7.11 Å². The van der Waals surface area contributed by atoms with Gasteiger partial charge in [-0.05, 0) is 34.8 Å². The maximum atomic E-state index is 10.00. The van der Waals surface area contributed by atoms with Crippen molar-refractivity contribution in [1.29, 1.82) is 0 Å². The van der Waals surface area contributed by atoms with Crippen LogP contribution in [0.25, 0.3) is 0 Å². The van der Waals surface area contributed by atoms with Crippen molar-refractivity contribution in [3.63, 3.8) is 0 Å². The third-order valence-electron chi connectivity index (χ3n) is 3.57.